The van der Waals surface area contributed by atoms with E-state index in [2.05, 4.69) is 28.2 Å². The molecule has 1 aliphatic rings. The van der Waals surface area contributed by atoms with E-state index in [0.29, 0.717) is 13.2 Å². The number of hydrogen-bond donors (Lipinski definition) is 1. The third-order valence-corrected chi connectivity index (χ3v) is 3.69. The number of hydrogen-bond acceptors (Lipinski definition) is 6. The topological polar surface area (TPSA) is 61.2 Å². The molecule has 0 spiro atoms. The van der Waals surface area contributed by atoms with Crippen LogP contribution in [0.1, 0.15) is 18.2 Å². The average molecular weight is 266 g/mol. The van der Waals surface area contributed by atoms with Gasteiger partial charge in [0, 0.05) is 37.3 Å². The molecule has 1 atom stereocenters. The van der Waals surface area contributed by atoms with Crippen LogP contribution in [0, 0.1) is 11.3 Å². The van der Waals surface area contributed by atoms with Crippen LogP contribution in [-0.2, 0) is 11.3 Å². The number of nitriles is 1. The Kier molecular flexibility index (Phi) is 4.93. The summed E-state index contributed by atoms with van der Waals surface area (Å²) in [6, 6.07) is 2.16. The van der Waals surface area contributed by atoms with Gasteiger partial charge in [0.05, 0.1) is 12.7 Å². The van der Waals surface area contributed by atoms with Gasteiger partial charge >= 0.3 is 0 Å². The van der Waals surface area contributed by atoms with Crippen LogP contribution in [0.15, 0.2) is 6.20 Å². The van der Waals surface area contributed by atoms with E-state index in [-0.39, 0.29) is 6.10 Å². The van der Waals surface area contributed by atoms with Crippen molar-refractivity contribution < 1.29 is 4.74 Å². The minimum absolute atomic E-state index is 0.288. The molecule has 0 saturated carbocycles. The zero-order valence-electron chi connectivity index (χ0n) is 10.6. The van der Waals surface area contributed by atoms with E-state index in [1.54, 1.807) is 11.3 Å². The van der Waals surface area contributed by atoms with Crippen molar-refractivity contribution in [2.24, 2.45) is 0 Å². The molecule has 0 amide bonds. The Balaban J connectivity index is 1.85. The summed E-state index contributed by atoms with van der Waals surface area (Å²) in [5.41, 5.74) is 0. The van der Waals surface area contributed by atoms with Gasteiger partial charge in [0.25, 0.3) is 0 Å². The fourth-order valence-electron chi connectivity index (χ4n) is 1.84. The molecule has 0 aliphatic carbocycles. The maximum Gasteiger partial charge on any atom is 0.182 e. The van der Waals surface area contributed by atoms with Crippen LogP contribution in [0.2, 0.25) is 0 Å². The molecule has 6 heteroatoms. The number of nitrogens with zero attached hydrogens (tertiary/aromatic N) is 3. The molecule has 0 radical (unpaired) electrons. The van der Waals surface area contributed by atoms with Crippen LogP contribution in [0.4, 0.5) is 5.13 Å². The van der Waals surface area contributed by atoms with E-state index in [1.807, 2.05) is 6.20 Å². The second-order valence-corrected chi connectivity index (χ2v) is 5.40. The van der Waals surface area contributed by atoms with Gasteiger partial charge in [-0.2, -0.15) is 5.26 Å². The molecule has 1 unspecified atom stereocenters. The first kappa shape index (κ1) is 13.3. The maximum absolute atomic E-state index is 8.85. The lowest BCUT2D eigenvalue weighted by atomic mass is 10.3. The predicted octanol–water partition coefficient (Wildman–Crippen LogP) is 1.69. The quantitative estimate of drug-likeness (QED) is 0.878. The van der Waals surface area contributed by atoms with Crippen molar-refractivity contribution in [2.45, 2.75) is 26.0 Å². The molecule has 1 N–H and O–H groups in total. The second-order valence-electron chi connectivity index (χ2n) is 4.28. The van der Waals surface area contributed by atoms with Crippen molar-refractivity contribution in [3.63, 3.8) is 0 Å². The van der Waals surface area contributed by atoms with Crippen molar-refractivity contribution in [2.75, 3.05) is 31.6 Å². The number of anilines is 1. The summed E-state index contributed by atoms with van der Waals surface area (Å²) in [7, 11) is 0. The Morgan fingerprint density at radius 3 is 3.39 bits per heavy atom. The van der Waals surface area contributed by atoms with Gasteiger partial charge < -0.3 is 10.1 Å². The first-order valence-electron chi connectivity index (χ1n) is 6.24. The third kappa shape index (κ3) is 3.67. The predicted molar refractivity (Wildman–Crippen MR) is 71.5 cm³/mol. The lowest BCUT2D eigenvalue weighted by Crippen LogP contribution is -2.41. The van der Waals surface area contributed by atoms with E-state index in [9.17, 15) is 0 Å². The number of ether oxygens (including phenoxy) is 1. The Morgan fingerprint density at radius 2 is 2.61 bits per heavy atom. The smallest absolute Gasteiger partial charge is 0.182 e. The molecular weight excluding hydrogens is 248 g/mol. The molecule has 1 saturated heterocycles. The van der Waals surface area contributed by atoms with Gasteiger partial charge in [0.15, 0.2) is 11.2 Å². The SMILES string of the molecule is CCCNc1ncc(CN2CCOC(C#N)C2)s1. The normalized spacial score (nSPS) is 20.6. The summed E-state index contributed by atoms with van der Waals surface area (Å²) < 4.78 is 5.33. The van der Waals surface area contributed by atoms with E-state index in [4.69, 9.17) is 10.00 Å². The minimum atomic E-state index is -0.288. The van der Waals surface area contributed by atoms with Crippen molar-refractivity contribution >= 4 is 16.5 Å². The zero-order valence-corrected chi connectivity index (χ0v) is 11.4. The molecule has 2 heterocycles. The van der Waals surface area contributed by atoms with Crippen LogP contribution in [0.3, 0.4) is 0 Å². The highest BCUT2D eigenvalue weighted by molar-refractivity contribution is 7.15. The molecule has 98 valence electrons. The van der Waals surface area contributed by atoms with Crippen LogP contribution in [-0.4, -0.2) is 42.2 Å². The van der Waals surface area contributed by atoms with Gasteiger partial charge in [-0.25, -0.2) is 4.98 Å². The van der Waals surface area contributed by atoms with Gasteiger partial charge in [-0.1, -0.05) is 6.92 Å². The molecule has 18 heavy (non-hydrogen) atoms. The molecule has 5 nitrogen and oxygen atoms in total. The number of aromatic nitrogens is 1. The highest BCUT2D eigenvalue weighted by Gasteiger charge is 2.20. The summed E-state index contributed by atoms with van der Waals surface area (Å²) in [4.78, 5) is 7.82. The Morgan fingerprint density at radius 1 is 1.72 bits per heavy atom. The van der Waals surface area contributed by atoms with Crippen molar-refractivity contribution in [3.05, 3.63) is 11.1 Å². The van der Waals surface area contributed by atoms with Crippen LogP contribution < -0.4 is 5.32 Å². The zero-order chi connectivity index (χ0) is 12.8. The van der Waals surface area contributed by atoms with E-state index >= 15 is 0 Å². The first-order valence-corrected chi connectivity index (χ1v) is 7.05. The van der Waals surface area contributed by atoms with E-state index < -0.39 is 0 Å². The van der Waals surface area contributed by atoms with E-state index in [1.165, 1.54) is 4.88 Å². The van der Waals surface area contributed by atoms with E-state index in [0.717, 1.165) is 31.2 Å². The number of nitrogens with one attached hydrogen (secondary N) is 1. The molecule has 0 aromatic carbocycles. The highest BCUT2D eigenvalue weighted by atomic mass is 32.1. The number of morpholine rings is 1. The summed E-state index contributed by atoms with van der Waals surface area (Å²) in [5.74, 6) is 0. The molecule has 0 bridgehead atoms. The molecule has 1 aromatic heterocycles. The monoisotopic (exact) mass is 266 g/mol. The molecule has 1 aliphatic heterocycles. The highest BCUT2D eigenvalue weighted by Crippen LogP contribution is 2.20. The molecule has 1 aromatic rings. The lowest BCUT2D eigenvalue weighted by Gasteiger charge is -2.28. The summed E-state index contributed by atoms with van der Waals surface area (Å²) in [6.07, 6.45) is 2.73. The Labute approximate surface area is 111 Å². The number of thiazole rings is 1. The molecular formula is C12H18N4OS. The molecule has 1 fully saturated rings. The fourth-order valence-corrected chi connectivity index (χ4v) is 2.72. The summed E-state index contributed by atoms with van der Waals surface area (Å²) >= 11 is 1.69. The van der Waals surface area contributed by atoms with Crippen LogP contribution >= 0.6 is 11.3 Å². The fraction of sp³-hybridized carbons (Fsp3) is 0.667. The van der Waals surface area contributed by atoms with Crippen molar-refractivity contribution in [1.82, 2.24) is 9.88 Å². The van der Waals surface area contributed by atoms with Crippen LogP contribution in [0.5, 0.6) is 0 Å². The maximum atomic E-state index is 8.85. The largest absolute Gasteiger partial charge is 0.362 e. The van der Waals surface area contributed by atoms with Crippen molar-refractivity contribution in [3.8, 4) is 6.07 Å². The average Bonchev–Trinajstić information content (AvgIpc) is 2.84. The standard InChI is InChI=1S/C12H18N4OS/c1-2-3-14-12-15-7-11(18-12)9-16-4-5-17-10(6-13)8-16/h7,10H,2-5,8-9H2,1H3,(H,14,15). The Bertz CT molecular complexity index is 414. The van der Waals surface area contributed by atoms with Gasteiger partial charge in [-0.3, -0.25) is 4.90 Å². The Hall–Kier alpha value is -1.16. The second kappa shape index (κ2) is 6.69. The summed E-state index contributed by atoms with van der Waals surface area (Å²) in [6.45, 7) is 6.16. The van der Waals surface area contributed by atoms with Crippen molar-refractivity contribution in [1.29, 1.82) is 5.26 Å². The first-order chi connectivity index (χ1) is 8.81. The van der Waals surface area contributed by atoms with Gasteiger partial charge in [0.2, 0.25) is 0 Å². The van der Waals surface area contributed by atoms with Crippen LogP contribution in [0.25, 0.3) is 0 Å². The minimum Gasteiger partial charge on any atom is -0.362 e. The van der Waals surface area contributed by atoms with Gasteiger partial charge in [-0.05, 0) is 6.42 Å². The molecule has 2 rings (SSSR count). The van der Waals surface area contributed by atoms with Gasteiger partial charge in [0.1, 0.15) is 0 Å². The van der Waals surface area contributed by atoms with Gasteiger partial charge in [-0.15, -0.1) is 11.3 Å². The lowest BCUT2D eigenvalue weighted by molar-refractivity contribution is -0.00234. The summed E-state index contributed by atoms with van der Waals surface area (Å²) in [5, 5.41) is 13.1. The number of rotatable bonds is 5. The third-order valence-electron chi connectivity index (χ3n) is 2.75.